The first-order valence-corrected chi connectivity index (χ1v) is 5.23. The van der Waals surface area contributed by atoms with Crippen molar-refractivity contribution in [3.63, 3.8) is 0 Å². The summed E-state index contributed by atoms with van der Waals surface area (Å²) in [6.45, 7) is 4.14. The standard InChI is InChI=1S/C9H14N2S/c1-5(10)9-11-8(6(2)12-9)7-3-4-7/h5,7H,3-4,10H2,1-2H3. The molecule has 0 aromatic carbocycles. The molecule has 0 saturated heterocycles. The number of aromatic nitrogens is 1. The molecule has 0 amide bonds. The van der Waals surface area contributed by atoms with Gasteiger partial charge in [0.15, 0.2) is 0 Å². The molecule has 1 aliphatic rings. The molecule has 2 N–H and O–H groups in total. The molecule has 66 valence electrons. The lowest BCUT2D eigenvalue weighted by Crippen LogP contribution is -2.04. The Morgan fingerprint density at radius 3 is 2.67 bits per heavy atom. The van der Waals surface area contributed by atoms with Crippen LogP contribution in [0.1, 0.15) is 47.3 Å². The number of aryl methyl sites for hydroxylation is 1. The molecule has 12 heavy (non-hydrogen) atoms. The van der Waals surface area contributed by atoms with E-state index in [4.69, 9.17) is 5.73 Å². The van der Waals surface area contributed by atoms with E-state index in [9.17, 15) is 0 Å². The lowest BCUT2D eigenvalue weighted by atomic mass is 10.2. The molecule has 0 bridgehead atoms. The summed E-state index contributed by atoms with van der Waals surface area (Å²) in [5, 5.41) is 1.09. The van der Waals surface area contributed by atoms with E-state index in [-0.39, 0.29) is 6.04 Å². The molecule has 2 nitrogen and oxygen atoms in total. The normalized spacial score (nSPS) is 19.6. The highest BCUT2D eigenvalue weighted by molar-refractivity contribution is 7.11. The molecule has 2 rings (SSSR count). The molecule has 1 aromatic heterocycles. The van der Waals surface area contributed by atoms with Gasteiger partial charge in [-0.1, -0.05) is 0 Å². The Hall–Kier alpha value is -0.410. The third kappa shape index (κ3) is 1.39. The molecule has 1 heterocycles. The first-order valence-electron chi connectivity index (χ1n) is 4.41. The van der Waals surface area contributed by atoms with Crippen molar-refractivity contribution in [3.05, 3.63) is 15.6 Å². The summed E-state index contributed by atoms with van der Waals surface area (Å²) in [6.07, 6.45) is 2.64. The van der Waals surface area contributed by atoms with E-state index in [1.54, 1.807) is 11.3 Å². The second kappa shape index (κ2) is 2.82. The van der Waals surface area contributed by atoms with Crippen molar-refractivity contribution < 1.29 is 0 Å². The minimum absolute atomic E-state index is 0.0983. The van der Waals surface area contributed by atoms with E-state index >= 15 is 0 Å². The monoisotopic (exact) mass is 182 g/mol. The third-order valence-electron chi connectivity index (χ3n) is 2.20. The van der Waals surface area contributed by atoms with Gasteiger partial charge in [-0.2, -0.15) is 0 Å². The van der Waals surface area contributed by atoms with Crippen LogP contribution >= 0.6 is 11.3 Å². The van der Waals surface area contributed by atoms with Crippen LogP contribution in [0.5, 0.6) is 0 Å². The van der Waals surface area contributed by atoms with Gasteiger partial charge < -0.3 is 5.73 Å². The maximum absolute atomic E-state index is 5.76. The molecular formula is C9H14N2S. The van der Waals surface area contributed by atoms with E-state index in [0.29, 0.717) is 0 Å². The van der Waals surface area contributed by atoms with Crippen LogP contribution in [-0.2, 0) is 0 Å². The Morgan fingerprint density at radius 1 is 1.58 bits per heavy atom. The second-order valence-electron chi connectivity index (χ2n) is 3.56. The zero-order chi connectivity index (χ0) is 8.72. The minimum atomic E-state index is 0.0983. The highest BCUT2D eigenvalue weighted by atomic mass is 32.1. The Kier molecular flexibility index (Phi) is 1.93. The molecule has 0 spiro atoms. The summed E-state index contributed by atoms with van der Waals surface area (Å²) in [5.74, 6) is 0.758. The fourth-order valence-electron chi connectivity index (χ4n) is 1.36. The average Bonchev–Trinajstić information content (AvgIpc) is 2.75. The molecule has 0 aliphatic heterocycles. The zero-order valence-electron chi connectivity index (χ0n) is 7.50. The van der Waals surface area contributed by atoms with Crippen molar-refractivity contribution in [2.45, 2.75) is 38.6 Å². The lowest BCUT2D eigenvalue weighted by Gasteiger charge is -1.96. The summed E-state index contributed by atoms with van der Waals surface area (Å²) in [4.78, 5) is 5.93. The van der Waals surface area contributed by atoms with Crippen LogP contribution in [0, 0.1) is 6.92 Å². The van der Waals surface area contributed by atoms with Crippen molar-refractivity contribution in [2.24, 2.45) is 5.73 Å². The van der Waals surface area contributed by atoms with Crippen molar-refractivity contribution in [2.75, 3.05) is 0 Å². The first-order chi connectivity index (χ1) is 5.68. The van der Waals surface area contributed by atoms with Crippen LogP contribution in [-0.4, -0.2) is 4.98 Å². The lowest BCUT2D eigenvalue weighted by molar-refractivity contribution is 0.797. The van der Waals surface area contributed by atoms with E-state index < -0.39 is 0 Å². The number of hydrogen-bond donors (Lipinski definition) is 1. The van der Waals surface area contributed by atoms with Gasteiger partial charge in [0.1, 0.15) is 5.01 Å². The van der Waals surface area contributed by atoms with Crippen molar-refractivity contribution in [1.29, 1.82) is 0 Å². The van der Waals surface area contributed by atoms with E-state index in [1.807, 2.05) is 6.92 Å². The molecular weight excluding hydrogens is 168 g/mol. The van der Waals surface area contributed by atoms with Gasteiger partial charge in [-0.3, -0.25) is 0 Å². The highest BCUT2D eigenvalue weighted by Crippen LogP contribution is 2.42. The number of thiazole rings is 1. The maximum atomic E-state index is 5.76. The predicted octanol–water partition coefficient (Wildman–Crippen LogP) is 2.35. The summed E-state index contributed by atoms with van der Waals surface area (Å²) in [6, 6.07) is 0.0983. The molecule has 1 aliphatic carbocycles. The zero-order valence-corrected chi connectivity index (χ0v) is 8.32. The van der Waals surface area contributed by atoms with E-state index in [0.717, 1.165) is 10.9 Å². The topological polar surface area (TPSA) is 38.9 Å². The largest absolute Gasteiger partial charge is 0.322 e. The number of rotatable bonds is 2. The molecule has 0 radical (unpaired) electrons. The minimum Gasteiger partial charge on any atom is -0.322 e. The number of nitrogens with zero attached hydrogens (tertiary/aromatic N) is 1. The fourth-order valence-corrected chi connectivity index (χ4v) is 2.32. The molecule has 1 aromatic rings. The predicted molar refractivity (Wildman–Crippen MR) is 51.4 cm³/mol. The summed E-state index contributed by atoms with van der Waals surface area (Å²) in [5.41, 5.74) is 7.08. The number of nitrogens with two attached hydrogens (primary N) is 1. The summed E-state index contributed by atoms with van der Waals surface area (Å²) >= 11 is 1.75. The van der Waals surface area contributed by atoms with Crippen LogP contribution in [0.2, 0.25) is 0 Å². The highest BCUT2D eigenvalue weighted by Gasteiger charge is 2.28. The van der Waals surface area contributed by atoms with Gasteiger partial charge in [0.25, 0.3) is 0 Å². The first kappa shape index (κ1) is 8.20. The van der Waals surface area contributed by atoms with Crippen molar-refractivity contribution in [3.8, 4) is 0 Å². The maximum Gasteiger partial charge on any atom is 0.110 e. The van der Waals surface area contributed by atoms with Crippen LogP contribution in [0.15, 0.2) is 0 Å². The average molecular weight is 182 g/mol. The number of hydrogen-bond acceptors (Lipinski definition) is 3. The summed E-state index contributed by atoms with van der Waals surface area (Å²) < 4.78 is 0. The van der Waals surface area contributed by atoms with Gasteiger partial charge in [0, 0.05) is 10.8 Å². The molecule has 3 heteroatoms. The SMILES string of the molecule is Cc1sc(C(C)N)nc1C1CC1. The van der Waals surface area contributed by atoms with Gasteiger partial charge in [-0.05, 0) is 26.7 Å². The second-order valence-corrected chi connectivity index (χ2v) is 4.79. The summed E-state index contributed by atoms with van der Waals surface area (Å²) in [7, 11) is 0. The quantitative estimate of drug-likeness (QED) is 0.762. The molecule has 1 unspecified atom stereocenters. The third-order valence-corrected chi connectivity index (χ3v) is 3.39. The van der Waals surface area contributed by atoms with Gasteiger partial charge in [-0.15, -0.1) is 11.3 Å². The van der Waals surface area contributed by atoms with Gasteiger partial charge in [-0.25, -0.2) is 4.98 Å². The molecule has 1 atom stereocenters. The van der Waals surface area contributed by atoms with Crippen LogP contribution < -0.4 is 5.73 Å². The van der Waals surface area contributed by atoms with E-state index in [1.165, 1.54) is 23.4 Å². The van der Waals surface area contributed by atoms with Crippen LogP contribution in [0.25, 0.3) is 0 Å². The Bertz CT molecular complexity index is 287. The van der Waals surface area contributed by atoms with Crippen molar-refractivity contribution >= 4 is 11.3 Å². The molecule has 1 fully saturated rings. The van der Waals surface area contributed by atoms with Crippen LogP contribution in [0.4, 0.5) is 0 Å². The fraction of sp³-hybridized carbons (Fsp3) is 0.667. The van der Waals surface area contributed by atoms with Crippen LogP contribution in [0.3, 0.4) is 0 Å². The van der Waals surface area contributed by atoms with Gasteiger partial charge in [0.2, 0.25) is 0 Å². The van der Waals surface area contributed by atoms with Crippen molar-refractivity contribution in [1.82, 2.24) is 4.98 Å². The molecule has 1 saturated carbocycles. The smallest absolute Gasteiger partial charge is 0.110 e. The Labute approximate surface area is 76.8 Å². The van der Waals surface area contributed by atoms with Gasteiger partial charge in [0.05, 0.1) is 11.7 Å². The Morgan fingerprint density at radius 2 is 2.25 bits per heavy atom. The van der Waals surface area contributed by atoms with E-state index in [2.05, 4.69) is 11.9 Å². The van der Waals surface area contributed by atoms with Gasteiger partial charge >= 0.3 is 0 Å². The Balaban J connectivity index is 2.30.